The lowest BCUT2D eigenvalue weighted by atomic mass is 10.3. The number of halogens is 1. The molecule has 0 bridgehead atoms. The first-order valence-corrected chi connectivity index (χ1v) is 5.11. The minimum absolute atomic E-state index is 0.248. The molecular formula is C11H14FN3. The van der Waals surface area contributed by atoms with Gasteiger partial charge in [-0.25, -0.2) is 9.37 Å². The lowest BCUT2D eigenvalue weighted by Gasteiger charge is -2.03. The Bertz CT molecular complexity index is 476. The van der Waals surface area contributed by atoms with Gasteiger partial charge in [0.2, 0.25) is 0 Å². The Hall–Kier alpha value is -1.42. The fourth-order valence-corrected chi connectivity index (χ4v) is 1.83. The first-order chi connectivity index (χ1) is 7.26. The van der Waals surface area contributed by atoms with Crippen LogP contribution in [0.2, 0.25) is 0 Å². The minimum Gasteiger partial charge on any atom is -0.330 e. The van der Waals surface area contributed by atoms with Gasteiger partial charge in [0.15, 0.2) is 0 Å². The summed E-state index contributed by atoms with van der Waals surface area (Å²) >= 11 is 0. The van der Waals surface area contributed by atoms with Crippen molar-refractivity contribution >= 4 is 11.0 Å². The molecule has 0 fully saturated rings. The summed E-state index contributed by atoms with van der Waals surface area (Å²) in [6.45, 7) is 3.44. The van der Waals surface area contributed by atoms with Gasteiger partial charge in [0.25, 0.3) is 0 Å². The predicted molar refractivity (Wildman–Crippen MR) is 58.1 cm³/mol. The average Bonchev–Trinajstić information content (AvgIpc) is 2.54. The Balaban J connectivity index is 2.62. The number of imidazole rings is 1. The van der Waals surface area contributed by atoms with Gasteiger partial charge in [-0.2, -0.15) is 0 Å². The Morgan fingerprint density at radius 2 is 2.27 bits per heavy atom. The highest BCUT2D eigenvalue weighted by atomic mass is 19.1. The molecular weight excluding hydrogens is 193 g/mol. The molecule has 0 atom stereocenters. The van der Waals surface area contributed by atoms with E-state index in [0.29, 0.717) is 12.1 Å². The Morgan fingerprint density at radius 1 is 1.47 bits per heavy atom. The number of nitrogens with zero attached hydrogens (tertiary/aromatic N) is 2. The van der Waals surface area contributed by atoms with E-state index in [1.54, 1.807) is 6.07 Å². The molecule has 2 aromatic rings. The Kier molecular flexibility index (Phi) is 2.68. The summed E-state index contributed by atoms with van der Waals surface area (Å²) in [5.41, 5.74) is 7.19. The second kappa shape index (κ2) is 3.98. The van der Waals surface area contributed by atoms with Crippen LogP contribution in [0.4, 0.5) is 4.39 Å². The molecule has 2 N–H and O–H groups in total. The van der Waals surface area contributed by atoms with Crippen molar-refractivity contribution in [3.63, 3.8) is 0 Å². The van der Waals surface area contributed by atoms with E-state index in [9.17, 15) is 4.39 Å². The van der Waals surface area contributed by atoms with Gasteiger partial charge in [-0.3, -0.25) is 0 Å². The fraction of sp³-hybridized carbons (Fsp3) is 0.364. The maximum absolute atomic E-state index is 13.0. The van der Waals surface area contributed by atoms with E-state index < -0.39 is 0 Å². The van der Waals surface area contributed by atoms with Crippen LogP contribution >= 0.6 is 0 Å². The van der Waals surface area contributed by atoms with Crippen molar-refractivity contribution in [3.8, 4) is 0 Å². The third-order valence-electron chi connectivity index (χ3n) is 2.47. The first kappa shape index (κ1) is 10.1. The van der Waals surface area contributed by atoms with E-state index in [-0.39, 0.29) is 5.82 Å². The highest BCUT2D eigenvalue weighted by Crippen LogP contribution is 2.17. The number of aromatic nitrogens is 2. The number of nitrogens with two attached hydrogens (primary N) is 1. The van der Waals surface area contributed by atoms with Crippen LogP contribution in [0.5, 0.6) is 0 Å². The van der Waals surface area contributed by atoms with E-state index in [0.717, 1.165) is 24.3 Å². The van der Waals surface area contributed by atoms with E-state index in [1.807, 2.05) is 6.92 Å². The zero-order chi connectivity index (χ0) is 10.8. The zero-order valence-corrected chi connectivity index (χ0v) is 8.70. The van der Waals surface area contributed by atoms with Gasteiger partial charge in [-0.1, -0.05) is 0 Å². The van der Waals surface area contributed by atoms with Gasteiger partial charge in [-0.05, 0) is 25.6 Å². The van der Waals surface area contributed by atoms with Crippen molar-refractivity contribution in [1.82, 2.24) is 9.55 Å². The topological polar surface area (TPSA) is 43.8 Å². The van der Waals surface area contributed by atoms with Crippen molar-refractivity contribution in [1.29, 1.82) is 0 Å². The van der Waals surface area contributed by atoms with Crippen LogP contribution in [-0.4, -0.2) is 16.1 Å². The standard InChI is InChI=1S/C11H14FN3/c1-2-15-10-4-3-8(12)7-9(10)14-11(15)5-6-13/h3-4,7H,2,5-6,13H2,1H3. The molecule has 0 amide bonds. The molecule has 0 aliphatic heterocycles. The summed E-state index contributed by atoms with van der Waals surface area (Å²) in [5, 5.41) is 0. The summed E-state index contributed by atoms with van der Waals surface area (Å²) in [6.07, 6.45) is 0.726. The molecule has 1 aromatic heterocycles. The molecule has 0 saturated carbocycles. The van der Waals surface area contributed by atoms with Gasteiger partial charge in [0.05, 0.1) is 11.0 Å². The lowest BCUT2D eigenvalue weighted by molar-refractivity contribution is 0.629. The number of hydrogen-bond acceptors (Lipinski definition) is 2. The molecule has 4 heteroatoms. The fourth-order valence-electron chi connectivity index (χ4n) is 1.83. The average molecular weight is 207 g/mol. The van der Waals surface area contributed by atoms with Crippen molar-refractivity contribution in [2.45, 2.75) is 19.9 Å². The second-order valence-electron chi connectivity index (χ2n) is 3.44. The molecule has 0 spiro atoms. The summed E-state index contributed by atoms with van der Waals surface area (Å²) in [4.78, 5) is 4.38. The molecule has 1 aromatic carbocycles. The molecule has 3 nitrogen and oxygen atoms in total. The van der Waals surface area contributed by atoms with Gasteiger partial charge < -0.3 is 10.3 Å². The van der Waals surface area contributed by atoms with Gasteiger partial charge in [0.1, 0.15) is 11.6 Å². The number of benzene rings is 1. The molecule has 0 unspecified atom stereocenters. The Morgan fingerprint density at radius 3 is 2.93 bits per heavy atom. The largest absolute Gasteiger partial charge is 0.330 e. The predicted octanol–water partition coefficient (Wildman–Crippen LogP) is 1.70. The van der Waals surface area contributed by atoms with E-state index in [2.05, 4.69) is 9.55 Å². The second-order valence-corrected chi connectivity index (χ2v) is 3.44. The molecule has 0 saturated heterocycles. The van der Waals surface area contributed by atoms with Gasteiger partial charge >= 0.3 is 0 Å². The normalized spacial score (nSPS) is 11.1. The highest BCUT2D eigenvalue weighted by Gasteiger charge is 2.08. The van der Waals surface area contributed by atoms with Crippen LogP contribution in [0.15, 0.2) is 18.2 Å². The minimum atomic E-state index is -0.248. The number of hydrogen-bond donors (Lipinski definition) is 1. The summed E-state index contributed by atoms with van der Waals surface area (Å²) in [5.74, 6) is 0.683. The van der Waals surface area contributed by atoms with Crippen molar-refractivity contribution in [3.05, 3.63) is 29.8 Å². The smallest absolute Gasteiger partial charge is 0.125 e. The van der Waals surface area contributed by atoms with E-state index in [1.165, 1.54) is 12.1 Å². The monoisotopic (exact) mass is 207 g/mol. The highest BCUT2D eigenvalue weighted by molar-refractivity contribution is 5.76. The molecule has 1 heterocycles. The van der Waals surface area contributed by atoms with Crippen molar-refractivity contribution in [2.75, 3.05) is 6.54 Å². The number of fused-ring (bicyclic) bond motifs is 1. The molecule has 0 aliphatic carbocycles. The van der Waals surface area contributed by atoms with Gasteiger partial charge in [0, 0.05) is 19.0 Å². The van der Waals surface area contributed by atoms with Crippen LogP contribution in [0.25, 0.3) is 11.0 Å². The molecule has 80 valence electrons. The first-order valence-electron chi connectivity index (χ1n) is 5.11. The van der Waals surface area contributed by atoms with Crippen molar-refractivity contribution in [2.24, 2.45) is 5.73 Å². The summed E-state index contributed by atoms with van der Waals surface area (Å²) in [6, 6.07) is 4.69. The van der Waals surface area contributed by atoms with Crippen molar-refractivity contribution < 1.29 is 4.39 Å². The maximum Gasteiger partial charge on any atom is 0.125 e. The van der Waals surface area contributed by atoms with Crippen LogP contribution in [0.3, 0.4) is 0 Å². The van der Waals surface area contributed by atoms with Crippen LogP contribution in [-0.2, 0) is 13.0 Å². The molecule has 0 aliphatic rings. The summed E-state index contributed by atoms with van der Waals surface area (Å²) < 4.78 is 15.1. The van der Waals surface area contributed by atoms with E-state index in [4.69, 9.17) is 5.73 Å². The van der Waals surface area contributed by atoms with E-state index >= 15 is 0 Å². The van der Waals surface area contributed by atoms with Crippen LogP contribution in [0.1, 0.15) is 12.7 Å². The quantitative estimate of drug-likeness (QED) is 0.832. The third kappa shape index (κ3) is 1.72. The molecule has 15 heavy (non-hydrogen) atoms. The SMILES string of the molecule is CCn1c(CCN)nc2cc(F)ccc21. The summed E-state index contributed by atoms with van der Waals surface area (Å²) in [7, 11) is 0. The molecule has 2 rings (SSSR count). The van der Waals surface area contributed by atoms with Crippen LogP contribution in [0, 0.1) is 5.82 Å². The Labute approximate surface area is 87.7 Å². The van der Waals surface area contributed by atoms with Crippen LogP contribution < -0.4 is 5.73 Å². The van der Waals surface area contributed by atoms with Gasteiger partial charge in [-0.15, -0.1) is 0 Å². The zero-order valence-electron chi connectivity index (χ0n) is 8.70. The third-order valence-corrected chi connectivity index (χ3v) is 2.47. The lowest BCUT2D eigenvalue weighted by Crippen LogP contribution is -2.09. The molecule has 0 radical (unpaired) electrons. The number of rotatable bonds is 3. The number of aryl methyl sites for hydroxylation is 1. The maximum atomic E-state index is 13.0.